The van der Waals surface area contributed by atoms with Crippen LogP contribution in [0.5, 0.6) is 0 Å². The number of benzene rings is 1. The molecule has 20 heavy (non-hydrogen) atoms. The first kappa shape index (κ1) is 14.8. The molecule has 0 bridgehead atoms. The summed E-state index contributed by atoms with van der Waals surface area (Å²) in [6, 6.07) is 5.24. The molecule has 5 nitrogen and oxygen atoms in total. The first-order valence-electron chi connectivity index (χ1n) is 6.44. The van der Waals surface area contributed by atoms with Crippen LogP contribution in [0.15, 0.2) is 22.7 Å². The Morgan fingerprint density at radius 2 is 2.20 bits per heavy atom. The molecule has 108 valence electrons. The average Bonchev–Trinajstić information content (AvgIpc) is 2.69. The number of rotatable bonds is 4. The molecule has 2 aromatic rings. The van der Waals surface area contributed by atoms with E-state index in [-0.39, 0.29) is 5.97 Å². The van der Waals surface area contributed by atoms with E-state index in [2.05, 4.69) is 34.8 Å². The van der Waals surface area contributed by atoms with E-state index in [1.54, 1.807) is 4.57 Å². The molecular weight excluding hydrogens is 322 g/mol. The lowest BCUT2D eigenvalue weighted by molar-refractivity contribution is -0.145. The molecular formula is C14H18BrN3O2. The number of anilines is 1. The van der Waals surface area contributed by atoms with Crippen LogP contribution < -0.4 is 5.73 Å². The van der Waals surface area contributed by atoms with Crippen molar-refractivity contribution >= 4 is 38.9 Å². The monoisotopic (exact) mass is 339 g/mol. The van der Waals surface area contributed by atoms with Gasteiger partial charge in [-0.15, -0.1) is 0 Å². The van der Waals surface area contributed by atoms with Gasteiger partial charge < -0.3 is 10.5 Å². The van der Waals surface area contributed by atoms with Crippen LogP contribution in [0, 0.1) is 5.92 Å². The summed E-state index contributed by atoms with van der Waals surface area (Å²) in [4.78, 5) is 16.4. The van der Waals surface area contributed by atoms with Crippen molar-refractivity contribution < 1.29 is 9.53 Å². The lowest BCUT2D eigenvalue weighted by Gasteiger charge is -2.20. The van der Waals surface area contributed by atoms with Gasteiger partial charge in [0.25, 0.3) is 0 Å². The zero-order valence-corrected chi connectivity index (χ0v) is 13.3. The number of carbonyl (C=O) groups excluding carboxylic acids is 1. The highest BCUT2D eigenvalue weighted by molar-refractivity contribution is 9.10. The predicted molar refractivity (Wildman–Crippen MR) is 82.4 cm³/mol. The third kappa shape index (κ3) is 2.80. The van der Waals surface area contributed by atoms with Crippen LogP contribution in [-0.2, 0) is 9.53 Å². The highest BCUT2D eigenvalue weighted by atomic mass is 79.9. The second-order valence-electron chi connectivity index (χ2n) is 5.14. The van der Waals surface area contributed by atoms with E-state index in [1.165, 1.54) is 7.11 Å². The molecule has 6 heteroatoms. The Hall–Kier alpha value is -1.56. The minimum atomic E-state index is -0.453. The van der Waals surface area contributed by atoms with Crippen LogP contribution in [0.2, 0.25) is 0 Å². The largest absolute Gasteiger partial charge is 0.467 e. The van der Waals surface area contributed by atoms with Gasteiger partial charge >= 0.3 is 5.97 Å². The van der Waals surface area contributed by atoms with Gasteiger partial charge in [0.15, 0.2) is 0 Å². The number of nitrogen functional groups attached to an aromatic ring is 1. The van der Waals surface area contributed by atoms with Crippen molar-refractivity contribution in [3.8, 4) is 0 Å². The van der Waals surface area contributed by atoms with Gasteiger partial charge in [0.2, 0.25) is 5.95 Å². The van der Waals surface area contributed by atoms with Crippen molar-refractivity contribution in [2.45, 2.75) is 26.3 Å². The van der Waals surface area contributed by atoms with E-state index in [1.807, 2.05) is 18.2 Å². The topological polar surface area (TPSA) is 70.1 Å². The molecule has 2 N–H and O–H groups in total. The summed E-state index contributed by atoms with van der Waals surface area (Å²) in [6.07, 6.45) is 0.651. The maximum Gasteiger partial charge on any atom is 0.328 e. The van der Waals surface area contributed by atoms with Gasteiger partial charge in [0, 0.05) is 4.47 Å². The number of fused-ring (bicyclic) bond motifs is 1. The summed E-state index contributed by atoms with van der Waals surface area (Å²) in [5, 5.41) is 0. The molecule has 0 saturated heterocycles. The Morgan fingerprint density at radius 1 is 1.50 bits per heavy atom. The summed E-state index contributed by atoms with van der Waals surface area (Å²) < 4.78 is 7.59. The summed E-state index contributed by atoms with van der Waals surface area (Å²) >= 11 is 3.40. The van der Waals surface area contributed by atoms with Crippen LogP contribution in [-0.4, -0.2) is 22.6 Å². The molecule has 0 fully saturated rings. The fourth-order valence-corrected chi connectivity index (χ4v) is 2.66. The smallest absolute Gasteiger partial charge is 0.328 e. The molecule has 0 spiro atoms. The summed E-state index contributed by atoms with van der Waals surface area (Å²) in [5.41, 5.74) is 7.60. The van der Waals surface area contributed by atoms with Crippen LogP contribution in [0.3, 0.4) is 0 Å². The quantitative estimate of drug-likeness (QED) is 0.868. The Morgan fingerprint density at radius 3 is 2.80 bits per heavy atom. The Kier molecular flexibility index (Phi) is 4.32. The summed E-state index contributed by atoms with van der Waals surface area (Å²) in [7, 11) is 1.39. The first-order chi connectivity index (χ1) is 9.43. The van der Waals surface area contributed by atoms with E-state index in [4.69, 9.17) is 10.5 Å². The Labute approximate surface area is 126 Å². The summed E-state index contributed by atoms with van der Waals surface area (Å²) in [6.45, 7) is 4.11. The van der Waals surface area contributed by atoms with Crippen molar-refractivity contribution in [3.63, 3.8) is 0 Å². The zero-order valence-electron chi connectivity index (χ0n) is 11.8. The number of methoxy groups -OCH3 is 1. The Bertz CT molecular complexity index is 637. The van der Waals surface area contributed by atoms with E-state index >= 15 is 0 Å². The molecule has 0 radical (unpaired) electrons. The molecule has 0 aliphatic carbocycles. The third-order valence-electron chi connectivity index (χ3n) is 3.16. The van der Waals surface area contributed by atoms with Gasteiger partial charge in [-0.3, -0.25) is 4.57 Å². The molecule has 1 aromatic heterocycles. The second kappa shape index (κ2) is 5.83. The molecule has 1 atom stereocenters. The third-order valence-corrected chi connectivity index (χ3v) is 3.65. The number of aromatic nitrogens is 2. The van der Waals surface area contributed by atoms with Crippen LogP contribution in [0.1, 0.15) is 26.3 Å². The van der Waals surface area contributed by atoms with E-state index in [0.717, 1.165) is 15.5 Å². The molecule has 1 unspecified atom stereocenters. The van der Waals surface area contributed by atoms with Crippen molar-refractivity contribution in [3.05, 3.63) is 22.7 Å². The van der Waals surface area contributed by atoms with Crippen molar-refractivity contribution in [2.75, 3.05) is 12.8 Å². The van der Waals surface area contributed by atoms with Crippen molar-refractivity contribution in [2.24, 2.45) is 5.92 Å². The average molecular weight is 340 g/mol. The highest BCUT2D eigenvalue weighted by Gasteiger charge is 2.26. The van der Waals surface area contributed by atoms with Gasteiger partial charge in [-0.1, -0.05) is 29.8 Å². The maximum atomic E-state index is 12.1. The van der Waals surface area contributed by atoms with Gasteiger partial charge in [0.1, 0.15) is 6.04 Å². The number of hydrogen-bond donors (Lipinski definition) is 1. The number of nitrogens with zero attached hydrogens (tertiary/aromatic N) is 2. The van der Waals surface area contributed by atoms with Crippen LogP contribution in [0.4, 0.5) is 5.95 Å². The molecule has 2 rings (SSSR count). The lowest BCUT2D eigenvalue weighted by atomic mass is 10.0. The van der Waals surface area contributed by atoms with Crippen molar-refractivity contribution in [1.82, 2.24) is 9.55 Å². The standard InChI is InChI=1S/C14H18BrN3O2/c1-8(2)6-12(13(19)20-3)18-11-5-4-9(15)7-10(11)17-14(18)16/h4-5,7-8,12H,6H2,1-3H3,(H2,16,17). The second-order valence-corrected chi connectivity index (χ2v) is 6.06. The van der Waals surface area contributed by atoms with Gasteiger partial charge in [-0.25, -0.2) is 9.78 Å². The fourth-order valence-electron chi connectivity index (χ4n) is 2.31. The Balaban J connectivity index is 2.57. The molecule has 0 aliphatic heterocycles. The van der Waals surface area contributed by atoms with Crippen LogP contribution in [0.25, 0.3) is 11.0 Å². The summed E-state index contributed by atoms with van der Waals surface area (Å²) in [5.74, 6) is 0.369. The van der Waals surface area contributed by atoms with Gasteiger partial charge in [-0.2, -0.15) is 0 Å². The molecule has 0 saturated carbocycles. The van der Waals surface area contributed by atoms with Gasteiger partial charge in [0.05, 0.1) is 18.1 Å². The SMILES string of the molecule is COC(=O)C(CC(C)C)n1c(N)nc2cc(Br)ccc21. The van der Waals surface area contributed by atoms with E-state index in [0.29, 0.717) is 18.3 Å². The van der Waals surface area contributed by atoms with Crippen LogP contribution >= 0.6 is 15.9 Å². The van der Waals surface area contributed by atoms with E-state index in [9.17, 15) is 4.79 Å². The maximum absolute atomic E-state index is 12.1. The lowest BCUT2D eigenvalue weighted by Crippen LogP contribution is -2.23. The highest BCUT2D eigenvalue weighted by Crippen LogP contribution is 2.29. The molecule has 1 heterocycles. The van der Waals surface area contributed by atoms with Crippen molar-refractivity contribution in [1.29, 1.82) is 0 Å². The van der Waals surface area contributed by atoms with E-state index < -0.39 is 6.04 Å². The number of carbonyl (C=O) groups is 1. The number of nitrogens with two attached hydrogens (primary N) is 1. The minimum absolute atomic E-state index is 0.299. The normalized spacial score (nSPS) is 12.8. The predicted octanol–water partition coefficient (Wildman–Crippen LogP) is 3.14. The number of imidazole rings is 1. The number of hydrogen-bond acceptors (Lipinski definition) is 4. The number of ether oxygens (including phenoxy) is 1. The molecule has 0 amide bonds. The molecule has 1 aromatic carbocycles. The minimum Gasteiger partial charge on any atom is -0.467 e. The number of esters is 1. The zero-order chi connectivity index (χ0) is 14.9. The first-order valence-corrected chi connectivity index (χ1v) is 7.24. The van der Waals surface area contributed by atoms with Gasteiger partial charge in [-0.05, 0) is 30.5 Å². The number of halogens is 1. The molecule has 0 aliphatic rings. The fraction of sp³-hybridized carbons (Fsp3) is 0.429.